The molecule has 118 valence electrons. The summed E-state index contributed by atoms with van der Waals surface area (Å²) in [7, 11) is 2.19. The molecule has 1 aliphatic rings. The Kier molecular flexibility index (Phi) is 6.09. The van der Waals surface area contributed by atoms with Crippen molar-refractivity contribution in [3.8, 4) is 0 Å². The average molecular weight is 375 g/mol. The van der Waals surface area contributed by atoms with Crippen LogP contribution in [-0.4, -0.2) is 55.1 Å². The first-order valence-electron chi connectivity index (χ1n) is 7.47. The molecule has 0 aromatic heterocycles. The fourth-order valence-electron chi connectivity index (χ4n) is 2.69. The fraction of sp³-hybridized carbons (Fsp3) is 0.625. The van der Waals surface area contributed by atoms with Gasteiger partial charge in [-0.1, -0.05) is 17.7 Å². The lowest BCUT2D eigenvalue weighted by Crippen LogP contribution is -2.57. The van der Waals surface area contributed by atoms with Crippen molar-refractivity contribution in [3.05, 3.63) is 33.3 Å². The Hall–Kier alpha value is -0.130. The molecule has 2 rings (SSSR count). The number of nitrogens with zero attached hydrogens (tertiary/aromatic N) is 2. The minimum Gasteiger partial charge on any atom is -0.311 e. The summed E-state index contributed by atoms with van der Waals surface area (Å²) < 4.78 is 0.950. The second-order valence-corrected chi connectivity index (χ2v) is 7.72. The Balaban J connectivity index is 1.82. The van der Waals surface area contributed by atoms with E-state index in [9.17, 15) is 0 Å². The molecule has 0 atom stereocenters. The number of nitrogens with one attached hydrogen (secondary N) is 1. The van der Waals surface area contributed by atoms with Crippen molar-refractivity contribution in [3.63, 3.8) is 0 Å². The predicted octanol–water partition coefficient (Wildman–Crippen LogP) is 3.22. The van der Waals surface area contributed by atoms with Gasteiger partial charge in [-0.15, -0.1) is 0 Å². The zero-order chi connectivity index (χ0) is 15.5. The van der Waals surface area contributed by atoms with Gasteiger partial charge in [0.05, 0.1) is 5.02 Å². The van der Waals surface area contributed by atoms with Crippen LogP contribution in [0, 0.1) is 0 Å². The average Bonchev–Trinajstić information content (AvgIpc) is 2.43. The fourth-order valence-corrected chi connectivity index (χ4v) is 3.14. The molecule has 1 saturated heterocycles. The highest BCUT2D eigenvalue weighted by atomic mass is 79.9. The van der Waals surface area contributed by atoms with E-state index in [0.717, 1.165) is 48.8 Å². The lowest BCUT2D eigenvalue weighted by atomic mass is 10.0. The normalized spacial score (nSPS) is 18.1. The number of halogens is 2. The molecule has 3 nitrogen and oxygen atoms in total. The molecule has 1 aliphatic heterocycles. The minimum absolute atomic E-state index is 0.181. The number of benzene rings is 1. The number of rotatable bonds is 5. The van der Waals surface area contributed by atoms with Crippen LogP contribution in [-0.2, 0) is 6.54 Å². The van der Waals surface area contributed by atoms with Crippen LogP contribution in [0.25, 0.3) is 0 Å². The van der Waals surface area contributed by atoms with Gasteiger partial charge in [-0.2, -0.15) is 0 Å². The smallest absolute Gasteiger partial charge is 0.0551 e. The Bertz CT molecular complexity index is 471. The predicted molar refractivity (Wildman–Crippen MR) is 94.0 cm³/mol. The third kappa shape index (κ3) is 4.93. The van der Waals surface area contributed by atoms with E-state index in [4.69, 9.17) is 11.6 Å². The van der Waals surface area contributed by atoms with Crippen molar-refractivity contribution in [2.24, 2.45) is 0 Å². The van der Waals surface area contributed by atoms with Crippen LogP contribution in [0.4, 0.5) is 0 Å². The van der Waals surface area contributed by atoms with Gasteiger partial charge in [-0.05, 0) is 54.5 Å². The number of hydrogen-bond donors (Lipinski definition) is 1. The first-order chi connectivity index (χ1) is 9.88. The first-order valence-corrected chi connectivity index (χ1v) is 8.64. The molecule has 0 bridgehead atoms. The second kappa shape index (κ2) is 7.42. The highest BCUT2D eigenvalue weighted by molar-refractivity contribution is 9.10. The van der Waals surface area contributed by atoms with Crippen LogP contribution in [0.5, 0.6) is 0 Å². The Morgan fingerprint density at radius 3 is 2.52 bits per heavy atom. The molecule has 0 unspecified atom stereocenters. The van der Waals surface area contributed by atoms with Crippen LogP contribution in [0.1, 0.15) is 19.4 Å². The summed E-state index contributed by atoms with van der Waals surface area (Å²) in [6.07, 6.45) is 0. The van der Waals surface area contributed by atoms with Gasteiger partial charge in [0.15, 0.2) is 0 Å². The van der Waals surface area contributed by atoms with Gasteiger partial charge in [0, 0.05) is 49.3 Å². The van der Waals surface area contributed by atoms with E-state index >= 15 is 0 Å². The van der Waals surface area contributed by atoms with Crippen LogP contribution >= 0.6 is 27.5 Å². The SMILES string of the molecule is CN1CCN(C(C)(C)CNCc2ccc(Br)c(Cl)c2)CC1. The number of hydrogen-bond acceptors (Lipinski definition) is 3. The summed E-state index contributed by atoms with van der Waals surface area (Å²) in [6.45, 7) is 11.1. The third-order valence-electron chi connectivity index (χ3n) is 4.23. The van der Waals surface area contributed by atoms with Gasteiger partial charge in [0.2, 0.25) is 0 Å². The first kappa shape index (κ1) is 17.2. The molecule has 0 saturated carbocycles. The maximum Gasteiger partial charge on any atom is 0.0551 e. The van der Waals surface area contributed by atoms with Crippen molar-refractivity contribution >= 4 is 27.5 Å². The molecular weight excluding hydrogens is 350 g/mol. The van der Waals surface area contributed by atoms with E-state index in [-0.39, 0.29) is 5.54 Å². The van der Waals surface area contributed by atoms with Crippen molar-refractivity contribution < 1.29 is 0 Å². The van der Waals surface area contributed by atoms with E-state index in [1.54, 1.807) is 0 Å². The topological polar surface area (TPSA) is 18.5 Å². The molecule has 21 heavy (non-hydrogen) atoms. The Morgan fingerprint density at radius 1 is 1.24 bits per heavy atom. The van der Waals surface area contributed by atoms with Gasteiger partial charge in [0.25, 0.3) is 0 Å². The highest BCUT2D eigenvalue weighted by Crippen LogP contribution is 2.23. The van der Waals surface area contributed by atoms with E-state index < -0.39 is 0 Å². The van der Waals surface area contributed by atoms with Crippen LogP contribution in [0.15, 0.2) is 22.7 Å². The molecule has 0 amide bonds. The van der Waals surface area contributed by atoms with Crippen LogP contribution in [0.3, 0.4) is 0 Å². The molecule has 1 N–H and O–H groups in total. The summed E-state index contributed by atoms with van der Waals surface area (Å²) >= 11 is 9.55. The Labute approximate surface area is 141 Å². The molecule has 0 radical (unpaired) electrons. The van der Waals surface area contributed by atoms with Crippen molar-refractivity contribution in [2.75, 3.05) is 39.8 Å². The summed E-state index contributed by atoms with van der Waals surface area (Å²) in [5, 5.41) is 4.34. The van der Waals surface area contributed by atoms with Gasteiger partial charge >= 0.3 is 0 Å². The third-order valence-corrected chi connectivity index (χ3v) is 5.46. The molecule has 1 aromatic rings. The molecular formula is C16H25BrClN3. The molecule has 5 heteroatoms. The van der Waals surface area contributed by atoms with Gasteiger partial charge in [-0.25, -0.2) is 0 Å². The lowest BCUT2D eigenvalue weighted by molar-refractivity contribution is 0.0618. The number of piperazine rings is 1. The second-order valence-electron chi connectivity index (χ2n) is 6.45. The molecule has 0 spiro atoms. The van der Waals surface area contributed by atoms with Gasteiger partial charge in [0.1, 0.15) is 0 Å². The van der Waals surface area contributed by atoms with Crippen molar-refractivity contribution in [2.45, 2.75) is 25.9 Å². The molecule has 1 fully saturated rings. The standard InChI is InChI=1S/C16H25BrClN3/c1-16(2,21-8-6-20(3)7-9-21)12-19-11-13-4-5-14(17)15(18)10-13/h4-5,10,19H,6-9,11-12H2,1-3H3. The molecule has 1 aromatic carbocycles. The van der Waals surface area contributed by atoms with Crippen molar-refractivity contribution in [1.29, 1.82) is 0 Å². The maximum atomic E-state index is 6.13. The molecule has 0 aliphatic carbocycles. The summed E-state index contributed by atoms with van der Waals surface area (Å²) in [5.74, 6) is 0. The summed E-state index contributed by atoms with van der Waals surface area (Å²) in [5.41, 5.74) is 1.40. The van der Waals surface area contributed by atoms with Crippen LogP contribution < -0.4 is 5.32 Å². The zero-order valence-electron chi connectivity index (χ0n) is 13.1. The van der Waals surface area contributed by atoms with E-state index in [0.29, 0.717) is 0 Å². The van der Waals surface area contributed by atoms with E-state index in [1.165, 1.54) is 5.56 Å². The van der Waals surface area contributed by atoms with E-state index in [1.807, 2.05) is 12.1 Å². The maximum absolute atomic E-state index is 6.13. The van der Waals surface area contributed by atoms with E-state index in [2.05, 4.69) is 58.0 Å². The highest BCUT2D eigenvalue weighted by Gasteiger charge is 2.28. The lowest BCUT2D eigenvalue weighted by Gasteiger charge is -2.43. The number of likely N-dealkylation sites (N-methyl/N-ethyl adjacent to an activating group) is 1. The zero-order valence-corrected chi connectivity index (χ0v) is 15.5. The molecule has 1 heterocycles. The van der Waals surface area contributed by atoms with Crippen molar-refractivity contribution in [1.82, 2.24) is 15.1 Å². The minimum atomic E-state index is 0.181. The van der Waals surface area contributed by atoms with Crippen LogP contribution in [0.2, 0.25) is 5.02 Å². The quantitative estimate of drug-likeness (QED) is 0.854. The summed E-state index contributed by atoms with van der Waals surface area (Å²) in [4.78, 5) is 4.97. The monoisotopic (exact) mass is 373 g/mol. The summed E-state index contributed by atoms with van der Waals surface area (Å²) in [6, 6.07) is 6.12. The van der Waals surface area contributed by atoms with Gasteiger partial charge < -0.3 is 10.2 Å². The largest absolute Gasteiger partial charge is 0.311 e. The Morgan fingerprint density at radius 2 is 1.90 bits per heavy atom. The van der Waals surface area contributed by atoms with Gasteiger partial charge in [-0.3, -0.25) is 4.90 Å².